The van der Waals surface area contributed by atoms with Gasteiger partial charge in [0.2, 0.25) is 0 Å². The van der Waals surface area contributed by atoms with E-state index in [1.165, 1.54) is 30.3 Å². The van der Waals surface area contributed by atoms with Gasteiger partial charge in [0.15, 0.2) is 0 Å². The Balaban J connectivity index is 2.16. The normalized spacial score (nSPS) is 10.1. The van der Waals surface area contributed by atoms with E-state index >= 15 is 0 Å². The zero-order valence-corrected chi connectivity index (χ0v) is 12.3. The van der Waals surface area contributed by atoms with Gasteiger partial charge >= 0.3 is 0 Å². The molecule has 2 aromatic carbocycles. The summed E-state index contributed by atoms with van der Waals surface area (Å²) in [6, 6.07) is 10.4. The minimum atomic E-state index is -0.500. The van der Waals surface area contributed by atoms with Crippen molar-refractivity contribution in [2.24, 2.45) is 0 Å². The number of nitro groups is 1. The topological polar surface area (TPSA) is 72.2 Å². The molecule has 0 bridgehead atoms. The second kappa shape index (κ2) is 6.02. The Hall–Kier alpha value is -1.92. The third kappa shape index (κ3) is 3.55. The number of nitrogens with one attached hydrogen (secondary N) is 1. The van der Waals surface area contributed by atoms with Gasteiger partial charge in [0, 0.05) is 32.9 Å². The summed E-state index contributed by atoms with van der Waals surface area (Å²) in [5, 5.41) is 13.6. The Labute approximate surface area is 127 Å². The van der Waals surface area contributed by atoms with Crippen LogP contribution in [0.3, 0.4) is 0 Å². The monoisotopic (exact) mass is 354 g/mol. The Morgan fingerprint density at radius 3 is 2.40 bits per heavy atom. The first-order valence-electron chi connectivity index (χ1n) is 5.47. The quantitative estimate of drug-likeness (QED) is 0.660. The van der Waals surface area contributed by atoms with Crippen LogP contribution in [0, 0.1) is 10.1 Å². The number of hydrogen-bond acceptors (Lipinski definition) is 3. The predicted octanol–water partition coefficient (Wildman–Crippen LogP) is 4.26. The molecule has 0 aliphatic heterocycles. The molecule has 0 aliphatic carbocycles. The van der Waals surface area contributed by atoms with Crippen molar-refractivity contribution in [2.75, 3.05) is 5.32 Å². The molecule has 0 fully saturated rings. The van der Waals surface area contributed by atoms with Crippen molar-refractivity contribution in [3.63, 3.8) is 0 Å². The van der Waals surface area contributed by atoms with E-state index in [2.05, 4.69) is 21.2 Å². The van der Waals surface area contributed by atoms with Crippen LogP contribution in [0.15, 0.2) is 46.9 Å². The smallest absolute Gasteiger partial charge is 0.269 e. The van der Waals surface area contributed by atoms with Gasteiger partial charge in [-0.15, -0.1) is 0 Å². The van der Waals surface area contributed by atoms with Gasteiger partial charge in [-0.1, -0.05) is 27.5 Å². The summed E-state index contributed by atoms with van der Waals surface area (Å²) in [4.78, 5) is 22.0. The van der Waals surface area contributed by atoms with Crippen molar-refractivity contribution in [1.82, 2.24) is 0 Å². The number of carbonyl (C=O) groups excluding carboxylic acids is 1. The number of benzene rings is 2. The van der Waals surface area contributed by atoms with Gasteiger partial charge in [0.25, 0.3) is 11.6 Å². The molecule has 0 spiro atoms. The molecule has 2 rings (SSSR count). The second-order valence-electron chi connectivity index (χ2n) is 3.92. The van der Waals surface area contributed by atoms with Crippen molar-refractivity contribution in [3.05, 3.63) is 67.6 Å². The summed E-state index contributed by atoms with van der Waals surface area (Å²) in [5.74, 6) is -0.345. The van der Waals surface area contributed by atoms with Gasteiger partial charge < -0.3 is 5.32 Å². The highest BCUT2D eigenvalue weighted by Gasteiger charge is 2.09. The molecular weight excluding hydrogens is 348 g/mol. The molecule has 0 aliphatic rings. The van der Waals surface area contributed by atoms with Crippen molar-refractivity contribution in [3.8, 4) is 0 Å². The van der Waals surface area contributed by atoms with Gasteiger partial charge in [-0.25, -0.2) is 0 Å². The third-order valence-electron chi connectivity index (χ3n) is 2.46. The Morgan fingerprint density at radius 2 is 1.85 bits per heavy atom. The lowest BCUT2D eigenvalue weighted by Crippen LogP contribution is -2.11. The number of non-ortho nitro benzene ring substituents is 1. The SMILES string of the molecule is O=C(Nc1ccc([N+](=O)[O-])cc1)c1cc(Cl)cc(Br)c1. The Morgan fingerprint density at radius 1 is 1.20 bits per heavy atom. The van der Waals surface area contributed by atoms with Crippen LogP contribution >= 0.6 is 27.5 Å². The van der Waals surface area contributed by atoms with Crippen LogP contribution in [0.25, 0.3) is 0 Å². The Bertz CT molecular complexity index is 654. The number of hydrogen-bond donors (Lipinski definition) is 1. The zero-order chi connectivity index (χ0) is 14.7. The summed E-state index contributed by atoms with van der Waals surface area (Å²) in [6.07, 6.45) is 0. The molecular formula is C13H8BrClN2O3. The maximum atomic E-state index is 12.0. The van der Waals surface area contributed by atoms with Crippen LogP contribution in [0.4, 0.5) is 11.4 Å². The molecule has 0 atom stereocenters. The van der Waals surface area contributed by atoms with E-state index < -0.39 is 4.92 Å². The van der Waals surface area contributed by atoms with Crippen LogP contribution in [0.2, 0.25) is 5.02 Å². The Kier molecular flexibility index (Phi) is 4.36. The lowest BCUT2D eigenvalue weighted by molar-refractivity contribution is -0.384. The van der Waals surface area contributed by atoms with Gasteiger partial charge in [-0.2, -0.15) is 0 Å². The fourth-order valence-corrected chi connectivity index (χ4v) is 2.41. The molecule has 0 heterocycles. The van der Waals surface area contributed by atoms with Crippen LogP contribution in [-0.2, 0) is 0 Å². The van der Waals surface area contributed by atoms with Crippen molar-refractivity contribution in [2.45, 2.75) is 0 Å². The maximum Gasteiger partial charge on any atom is 0.269 e. The van der Waals surface area contributed by atoms with Gasteiger partial charge in [-0.05, 0) is 30.3 Å². The highest BCUT2D eigenvalue weighted by molar-refractivity contribution is 9.10. The van der Waals surface area contributed by atoms with Crippen molar-refractivity contribution >= 4 is 44.8 Å². The first kappa shape index (κ1) is 14.5. The van der Waals surface area contributed by atoms with E-state index in [0.29, 0.717) is 20.7 Å². The van der Waals surface area contributed by atoms with Gasteiger partial charge in [0.1, 0.15) is 0 Å². The van der Waals surface area contributed by atoms with Crippen molar-refractivity contribution in [1.29, 1.82) is 0 Å². The highest BCUT2D eigenvalue weighted by Crippen LogP contribution is 2.21. The molecule has 7 heteroatoms. The van der Waals surface area contributed by atoms with Crippen LogP contribution < -0.4 is 5.32 Å². The lowest BCUT2D eigenvalue weighted by Gasteiger charge is -2.06. The second-order valence-corrected chi connectivity index (χ2v) is 5.27. The van der Waals surface area contributed by atoms with Crippen LogP contribution in [-0.4, -0.2) is 10.8 Å². The predicted molar refractivity (Wildman–Crippen MR) is 80.2 cm³/mol. The van der Waals surface area contributed by atoms with E-state index in [0.717, 1.165) is 0 Å². The largest absolute Gasteiger partial charge is 0.322 e. The fraction of sp³-hybridized carbons (Fsp3) is 0. The molecule has 0 saturated carbocycles. The zero-order valence-electron chi connectivity index (χ0n) is 9.97. The minimum absolute atomic E-state index is 0.0338. The molecule has 2 aromatic rings. The van der Waals surface area contributed by atoms with E-state index in [1.54, 1.807) is 12.1 Å². The first-order valence-corrected chi connectivity index (χ1v) is 6.65. The summed E-state index contributed by atoms with van der Waals surface area (Å²) in [6.45, 7) is 0. The van der Waals surface area contributed by atoms with Gasteiger partial charge in [0.05, 0.1) is 4.92 Å². The number of anilines is 1. The minimum Gasteiger partial charge on any atom is -0.322 e. The average molecular weight is 356 g/mol. The van der Waals surface area contributed by atoms with Crippen molar-refractivity contribution < 1.29 is 9.72 Å². The number of halogens is 2. The first-order chi connectivity index (χ1) is 9.45. The number of carbonyl (C=O) groups is 1. The summed E-state index contributed by atoms with van der Waals surface area (Å²) >= 11 is 9.12. The van der Waals surface area contributed by atoms with Crippen LogP contribution in [0.1, 0.15) is 10.4 Å². The average Bonchev–Trinajstić information content (AvgIpc) is 2.38. The third-order valence-corrected chi connectivity index (χ3v) is 3.14. The molecule has 0 aromatic heterocycles. The summed E-state index contributed by atoms with van der Waals surface area (Å²) in [5.41, 5.74) is 0.827. The van der Waals surface area contributed by atoms with Gasteiger partial charge in [-0.3, -0.25) is 14.9 Å². The standard InChI is InChI=1S/C13H8BrClN2O3/c14-9-5-8(6-10(15)7-9)13(18)16-11-1-3-12(4-2-11)17(19)20/h1-7H,(H,16,18). The number of amides is 1. The van der Waals surface area contributed by atoms with E-state index in [1.807, 2.05) is 0 Å². The van der Waals surface area contributed by atoms with Crippen LogP contribution in [0.5, 0.6) is 0 Å². The van der Waals surface area contributed by atoms with E-state index in [-0.39, 0.29) is 11.6 Å². The number of nitro benzene ring substituents is 1. The number of rotatable bonds is 3. The fourth-order valence-electron chi connectivity index (χ4n) is 1.55. The molecule has 20 heavy (non-hydrogen) atoms. The summed E-state index contributed by atoms with van der Waals surface area (Å²) in [7, 11) is 0. The molecule has 0 saturated heterocycles. The maximum absolute atomic E-state index is 12.0. The summed E-state index contributed by atoms with van der Waals surface area (Å²) < 4.78 is 0.693. The molecule has 0 radical (unpaired) electrons. The molecule has 1 N–H and O–H groups in total. The molecule has 102 valence electrons. The number of nitrogens with zero attached hydrogens (tertiary/aromatic N) is 1. The van der Waals surface area contributed by atoms with E-state index in [4.69, 9.17) is 11.6 Å². The highest BCUT2D eigenvalue weighted by atomic mass is 79.9. The molecule has 0 unspecified atom stereocenters. The molecule has 5 nitrogen and oxygen atoms in total. The molecule has 1 amide bonds. The lowest BCUT2D eigenvalue weighted by atomic mass is 10.2. The van der Waals surface area contributed by atoms with E-state index in [9.17, 15) is 14.9 Å².